The summed E-state index contributed by atoms with van der Waals surface area (Å²) >= 11 is 0. The zero-order valence-corrected chi connectivity index (χ0v) is 26.5. The number of hydrogen-bond acceptors (Lipinski definition) is 7. The van der Waals surface area contributed by atoms with Crippen LogP contribution >= 0.6 is 0 Å². The number of hydrogen-bond donors (Lipinski definition) is 1. The number of esters is 1. The highest BCUT2D eigenvalue weighted by Gasteiger charge is 2.41. The fourth-order valence-electron chi connectivity index (χ4n) is 7.31. The molecule has 4 fully saturated rings. The predicted octanol–water partition coefficient (Wildman–Crippen LogP) is 6.36. The number of carbonyl (C=O) groups is 4. The molecule has 4 rings (SSSR count). The number of likely N-dealkylation sites (tertiary alicyclic amines) is 2. The van der Waals surface area contributed by atoms with Gasteiger partial charge in [-0.25, -0.2) is 27.2 Å². The van der Waals surface area contributed by atoms with Crippen molar-refractivity contribution in [2.24, 2.45) is 23.7 Å². The van der Waals surface area contributed by atoms with Gasteiger partial charge in [0.15, 0.2) is 0 Å². The van der Waals surface area contributed by atoms with E-state index in [9.17, 15) is 41.8 Å². The number of ether oxygens (including phenoxy) is 3. The van der Waals surface area contributed by atoms with Crippen LogP contribution < -0.4 is 0 Å². The Morgan fingerprint density at radius 2 is 1.02 bits per heavy atom. The van der Waals surface area contributed by atoms with Crippen molar-refractivity contribution in [3.8, 4) is 0 Å². The van der Waals surface area contributed by atoms with Crippen LogP contribution in [0.1, 0.15) is 89.9 Å². The molecule has 2 aliphatic heterocycles. The van der Waals surface area contributed by atoms with Crippen LogP contribution in [0.5, 0.6) is 0 Å². The Labute approximate surface area is 262 Å². The average Bonchev–Trinajstić information content (AvgIpc) is 3.02. The van der Waals surface area contributed by atoms with Crippen LogP contribution in [-0.4, -0.2) is 97.4 Å². The van der Waals surface area contributed by atoms with Crippen molar-refractivity contribution in [3.63, 3.8) is 0 Å². The van der Waals surface area contributed by atoms with Gasteiger partial charge in [0, 0.05) is 50.9 Å². The standard InChI is InChI=1S/C16H25F2NO4.C15H23F2NO4/c1-22-14(20)12-5-8-19(15(21)23-2)13(10-12)9-11-3-6-16(17,18)7-4-11;1-22-14(21)18-7-4-11(13(19)20)9-12(18)8-10-2-5-15(16,17)6-3-10/h11-13H,3-10H2,1-2H3;10-12H,2-9H2,1H3,(H,19,20). The highest BCUT2D eigenvalue weighted by atomic mass is 19.3. The smallest absolute Gasteiger partial charge is 0.409 e. The maximum absolute atomic E-state index is 13.3. The molecule has 2 amide bonds. The molecular weight excluding hydrogens is 604 g/mol. The van der Waals surface area contributed by atoms with Gasteiger partial charge in [0.1, 0.15) is 0 Å². The third kappa shape index (κ3) is 10.6. The molecule has 0 aromatic heterocycles. The Bertz CT molecular complexity index is 1010. The van der Waals surface area contributed by atoms with Crippen molar-refractivity contribution in [3.05, 3.63) is 0 Å². The Morgan fingerprint density at radius 1 is 0.644 bits per heavy atom. The van der Waals surface area contributed by atoms with E-state index in [2.05, 4.69) is 0 Å². The van der Waals surface area contributed by atoms with Gasteiger partial charge in [-0.05, 0) is 76.0 Å². The number of amides is 2. The first-order chi connectivity index (χ1) is 21.2. The Balaban J connectivity index is 0.000000246. The first kappa shape index (κ1) is 36.7. The molecule has 0 aromatic carbocycles. The summed E-state index contributed by atoms with van der Waals surface area (Å²) in [5, 5.41) is 9.18. The SMILES string of the molecule is COC(=O)C1CCN(C(=O)OC)C(CC2CCC(F)(F)CC2)C1.COC(=O)N1CCC(C(=O)O)CC1CC1CCC(F)(F)CC1. The molecule has 1 N–H and O–H groups in total. The summed E-state index contributed by atoms with van der Waals surface area (Å²) in [6.45, 7) is 0.775. The van der Waals surface area contributed by atoms with E-state index >= 15 is 0 Å². The fraction of sp³-hybridized carbons (Fsp3) is 0.871. The van der Waals surface area contributed by atoms with E-state index in [1.54, 1.807) is 9.80 Å². The second kappa shape index (κ2) is 16.2. The number of carboxylic acids is 1. The number of alkyl halides is 4. The van der Waals surface area contributed by atoms with Gasteiger partial charge >= 0.3 is 24.1 Å². The van der Waals surface area contributed by atoms with Crippen molar-refractivity contribution >= 4 is 24.1 Å². The fourth-order valence-corrected chi connectivity index (χ4v) is 7.31. The molecule has 0 bridgehead atoms. The van der Waals surface area contributed by atoms with Crippen LogP contribution in [-0.2, 0) is 23.8 Å². The topological polar surface area (TPSA) is 123 Å². The number of aliphatic carboxylic acids is 1. The number of carbonyl (C=O) groups excluding carboxylic acids is 3. The van der Waals surface area contributed by atoms with Crippen LogP contribution in [0.4, 0.5) is 27.2 Å². The van der Waals surface area contributed by atoms with Gasteiger partial charge in [-0.15, -0.1) is 0 Å². The lowest BCUT2D eigenvalue weighted by Gasteiger charge is -2.40. The monoisotopic (exact) mass is 652 g/mol. The molecule has 258 valence electrons. The summed E-state index contributed by atoms with van der Waals surface area (Å²) in [5.41, 5.74) is 0. The molecule has 2 aliphatic carbocycles. The summed E-state index contributed by atoms with van der Waals surface area (Å²) in [7, 11) is 3.98. The summed E-state index contributed by atoms with van der Waals surface area (Å²) in [4.78, 5) is 49.9. The van der Waals surface area contributed by atoms with E-state index < -0.39 is 35.9 Å². The average molecular weight is 653 g/mol. The molecule has 0 spiro atoms. The number of carboxylic acid groups (broad SMARTS) is 1. The molecule has 4 aliphatic rings. The second-order valence-corrected chi connectivity index (χ2v) is 13.0. The Kier molecular flexibility index (Phi) is 13.2. The molecule has 45 heavy (non-hydrogen) atoms. The molecule has 2 saturated carbocycles. The van der Waals surface area contributed by atoms with Gasteiger partial charge in [-0.2, -0.15) is 0 Å². The van der Waals surface area contributed by atoms with Crippen molar-refractivity contribution in [2.45, 2.75) is 114 Å². The van der Waals surface area contributed by atoms with Gasteiger partial charge in [-0.1, -0.05) is 0 Å². The molecule has 10 nitrogen and oxygen atoms in total. The van der Waals surface area contributed by atoms with Crippen molar-refractivity contribution in [2.75, 3.05) is 34.4 Å². The molecule has 2 saturated heterocycles. The summed E-state index contributed by atoms with van der Waals surface area (Å²) in [6.07, 6.45) is 3.51. The van der Waals surface area contributed by atoms with E-state index in [-0.39, 0.29) is 61.5 Å². The van der Waals surface area contributed by atoms with E-state index in [1.807, 2.05) is 0 Å². The normalized spacial score (nSPS) is 28.7. The van der Waals surface area contributed by atoms with Gasteiger partial charge in [-0.3, -0.25) is 9.59 Å². The number of halogens is 4. The van der Waals surface area contributed by atoms with Gasteiger partial charge in [0.25, 0.3) is 0 Å². The number of methoxy groups -OCH3 is 3. The number of piperidine rings is 2. The summed E-state index contributed by atoms with van der Waals surface area (Å²) in [5.74, 6) is -6.70. The highest BCUT2D eigenvalue weighted by molar-refractivity contribution is 5.74. The molecule has 4 atom stereocenters. The molecule has 14 heteroatoms. The summed E-state index contributed by atoms with van der Waals surface area (Å²) < 4.78 is 67.4. The third-order valence-electron chi connectivity index (χ3n) is 10.0. The minimum atomic E-state index is -2.57. The lowest BCUT2D eigenvalue weighted by Crippen LogP contribution is -2.48. The molecule has 0 aromatic rings. The van der Waals surface area contributed by atoms with Crippen LogP contribution in [0.3, 0.4) is 0 Å². The lowest BCUT2D eigenvalue weighted by atomic mass is 9.79. The Hall–Kier alpha value is -2.80. The predicted molar refractivity (Wildman–Crippen MR) is 154 cm³/mol. The van der Waals surface area contributed by atoms with Crippen molar-refractivity contribution < 1.29 is 56.1 Å². The zero-order chi connectivity index (χ0) is 33.4. The second-order valence-electron chi connectivity index (χ2n) is 13.0. The zero-order valence-electron chi connectivity index (χ0n) is 26.5. The maximum atomic E-state index is 13.3. The lowest BCUT2D eigenvalue weighted by molar-refractivity contribution is -0.148. The Morgan fingerprint density at radius 3 is 1.38 bits per heavy atom. The highest BCUT2D eigenvalue weighted by Crippen LogP contribution is 2.41. The van der Waals surface area contributed by atoms with Gasteiger partial charge < -0.3 is 29.1 Å². The third-order valence-corrected chi connectivity index (χ3v) is 10.0. The molecule has 4 unspecified atom stereocenters. The molecule has 0 radical (unpaired) electrons. The minimum absolute atomic E-state index is 0.0942. The first-order valence-corrected chi connectivity index (χ1v) is 15.9. The van der Waals surface area contributed by atoms with E-state index in [0.29, 0.717) is 77.3 Å². The molecular formula is C31H48F4N2O8. The van der Waals surface area contributed by atoms with E-state index in [0.717, 1.165) is 0 Å². The summed E-state index contributed by atoms with van der Waals surface area (Å²) in [6, 6.07) is -0.393. The quantitative estimate of drug-likeness (QED) is 0.200. The van der Waals surface area contributed by atoms with Crippen molar-refractivity contribution in [1.29, 1.82) is 0 Å². The van der Waals surface area contributed by atoms with Crippen LogP contribution in [0.15, 0.2) is 0 Å². The van der Waals surface area contributed by atoms with Crippen LogP contribution in [0, 0.1) is 23.7 Å². The minimum Gasteiger partial charge on any atom is -0.481 e. The van der Waals surface area contributed by atoms with Gasteiger partial charge in [0.05, 0.1) is 33.2 Å². The van der Waals surface area contributed by atoms with E-state index in [1.165, 1.54) is 21.3 Å². The van der Waals surface area contributed by atoms with Crippen molar-refractivity contribution in [1.82, 2.24) is 9.80 Å². The molecule has 2 heterocycles. The van der Waals surface area contributed by atoms with Crippen LogP contribution in [0.25, 0.3) is 0 Å². The largest absolute Gasteiger partial charge is 0.481 e. The van der Waals surface area contributed by atoms with Crippen LogP contribution in [0.2, 0.25) is 0 Å². The van der Waals surface area contributed by atoms with E-state index in [4.69, 9.17) is 14.2 Å². The maximum Gasteiger partial charge on any atom is 0.409 e. The number of rotatable bonds is 6. The van der Waals surface area contributed by atoms with Gasteiger partial charge in [0.2, 0.25) is 11.8 Å². The number of nitrogens with zero attached hydrogens (tertiary/aromatic N) is 2. The first-order valence-electron chi connectivity index (χ1n) is 15.9.